The van der Waals surface area contributed by atoms with E-state index in [-0.39, 0.29) is 48.6 Å². The van der Waals surface area contributed by atoms with Crippen LogP contribution in [-0.2, 0) is 9.53 Å². The minimum absolute atomic E-state index is 0.0780. The van der Waals surface area contributed by atoms with Crippen LogP contribution in [0.3, 0.4) is 0 Å². The van der Waals surface area contributed by atoms with Crippen molar-refractivity contribution < 1.29 is 38.4 Å². The zero-order valence-corrected chi connectivity index (χ0v) is 25.3. The number of esters is 1. The van der Waals surface area contributed by atoms with Gasteiger partial charge in [0.1, 0.15) is 0 Å². The number of carbonyl (C=O) groups excluding carboxylic acids is 2. The molecule has 1 fully saturated rings. The first kappa shape index (κ1) is 31.5. The molecule has 0 aromatic heterocycles. The van der Waals surface area contributed by atoms with Gasteiger partial charge in [-0.15, -0.1) is 0 Å². The number of nitrogens with two attached hydrogens (primary N) is 1. The summed E-state index contributed by atoms with van der Waals surface area (Å²) < 4.78 is 27.8. The Morgan fingerprint density at radius 2 is 1.57 bits per heavy atom. The SMILES string of the molecule is COc1cc(C2c3cc4c(cc3C(NC(=O)NCCNCCCNCCCCN)C3COC(=O)C23)OCO4)cc(OC)c1O. The molecule has 4 unspecified atom stereocenters. The number of ether oxygens (including phenoxy) is 5. The van der Waals surface area contributed by atoms with Gasteiger partial charge in [-0.25, -0.2) is 4.79 Å². The molecule has 240 valence electrons. The number of phenols is 1. The van der Waals surface area contributed by atoms with Gasteiger partial charge in [0, 0.05) is 24.9 Å². The number of rotatable bonds is 15. The number of methoxy groups -OCH3 is 2. The fourth-order valence-corrected chi connectivity index (χ4v) is 6.28. The van der Waals surface area contributed by atoms with Gasteiger partial charge in [0.2, 0.25) is 12.5 Å². The average Bonchev–Trinajstić information content (AvgIpc) is 3.65. The van der Waals surface area contributed by atoms with Crippen molar-refractivity contribution in [1.82, 2.24) is 21.3 Å². The lowest BCUT2D eigenvalue weighted by Gasteiger charge is -2.39. The van der Waals surface area contributed by atoms with Crippen molar-refractivity contribution in [3.63, 3.8) is 0 Å². The Balaban J connectivity index is 1.30. The molecular formula is C31H43N5O8. The van der Waals surface area contributed by atoms with E-state index in [9.17, 15) is 14.7 Å². The van der Waals surface area contributed by atoms with E-state index >= 15 is 0 Å². The Morgan fingerprint density at radius 3 is 2.25 bits per heavy atom. The third kappa shape index (κ3) is 6.74. The van der Waals surface area contributed by atoms with Crippen molar-refractivity contribution >= 4 is 12.0 Å². The number of fused-ring (bicyclic) bond motifs is 3. The number of unbranched alkanes of at least 4 members (excludes halogenated alkanes) is 1. The molecule has 5 rings (SSSR count). The Hall–Kier alpha value is -3.94. The Morgan fingerprint density at radius 1 is 0.909 bits per heavy atom. The maximum Gasteiger partial charge on any atom is 0.315 e. The standard InChI is InChI=1S/C31H43N5O8/c1-40-24-12-18(13-25(41-2)29(24)37)26-19-14-22-23(44-17-43-22)15-20(19)28(21-16-42-30(38)27(21)26)36-31(39)35-11-10-34-9-5-8-33-7-4-3-6-32/h12-15,21,26-28,33-34,37H,3-11,16-17,32H2,1-2H3,(H2,35,36,39). The van der Waals surface area contributed by atoms with Gasteiger partial charge >= 0.3 is 12.0 Å². The van der Waals surface area contributed by atoms with Crippen LogP contribution < -0.4 is 45.9 Å². The number of phenolic OH excluding ortho intramolecular Hbond substituents is 1. The molecule has 0 radical (unpaired) electrons. The number of benzene rings is 2. The van der Waals surface area contributed by atoms with Crippen LogP contribution in [0.4, 0.5) is 4.79 Å². The predicted molar refractivity (Wildman–Crippen MR) is 161 cm³/mol. The summed E-state index contributed by atoms with van der Waals surface area (Å²) in [6.45, 7) is 4.76. The lowest BCUT2D eigenvalue weighted by Crippen LogP contribution is -2.47. The first-order valence-corrected chi connectivity index (χ1v) is 15.2. The quantitative estimate of drug-likeness (QED) is 0.127. The van der Waals surface area contributed by atoms with E-state index in [1.165, 1.54) is 14.2 Å². The van der Waals surface area contributed by atoms with Crippen LogP contribution in [0.15, 0.2) is 24.3 Å². The number of amides is 2. The maximum absolute atomic E-state index is 13.3. The van der Waals surface area contributed by atoms with Crippen LogP contribution in [-0.4, -0.2) is 84.0 Å². The minimum atomic E-state index is -0.613. The molecule has 7 N–H and O–H groups in total. The molecule has 2 heterocycles. The monoisotopic (exact) mass is 613 g/mol. The highest BCUT2D eigenvalue weighted by Crippen LogP contribution is 2.55. The summed E-state index contributed by atoms with van der Waals surface area (Å²) in [4.78, 5) is 26.4. The second-order valence-electron chi connectivity index (χ2n) is 11.1. The van der Waals surface area contributed by atoms with Crippen LogP contribution in [0.1, 0.15) is 47.9 Å². The summed E-state index contributed by atoms with van der Waals surface area (Å²) in [6.07, 6.45) is 3.10. The molecule has 0 spiro atoms. The van der Waals surface area contributed by atoms with Crippen LogP contribution in [0.2, 0.25) is 0 Å². The number of aromatic hydroxyl groups is 1. The van der Waals surface area contributed by atoms with E-state index in [1.54, 1.807) is 12.1 Å². The molecule has 0 saturated carbocycles. The third-order valence-corrected chi connectivity index (χ3v) is 8.44. The van der Waals surface area contributed by atoms with E-state index in [0.717, 1.165) is 56.6 Å². The molecule has 13 heteroatoms. The number of carbonyl (C=O) groups is 2. The van der Waals surface area contributed by atoms with Gasteiger partial charge in [0.15, 0.2) is 23.0 Å². The molecule has 2 aromatic carbocycles. The number of nitrogens with one attached hydrogen (secondary N) is 4. The fraction of sp³-hybridized carbons (Fsp3) is 0.548. The Bertz CT molecular complexity index is 1300. The average molecular weight is 614 g/mol. The fourth-order valence-electron chi connectivity index (χ4n) is 6.28. The number of cyclic esters (lactones) is 1. The van der Waals surface area contributed by atoms with E-state index in [1.807, 2.05) is 12.1 Å². The molecule has 2 aliphatic heterocycles. The molecular weight excluding hydrogens is 570 g/mol. The molecule has 2 aromatic rings. The van der Waals surface area contributed by atoms with Crippen molar-refractivity contribution in [2.75, 3.05) is 66.9 Å². The molecule has 4 atom stereocenters. The zero-order chi connectivity index (χ0) is 31.1. The summed E-state index contributed by atoms with van der Waals surface area (Å²) >= 11 is 0. The van der Waals surface area contributed by atoms with Gasteiger partial charge in [-0.1, -0.05) is 0 Å². The summed E-state index contributed by atoms with van der Waals surface area (Å²) in [5.74, 6) is -0.387. The highest BCUT2D eigenvalue weighted by Gasteiger charge is 2.53. The largest absolute Gasteiger partial charge is 0.502 e. The number of urea groups is 1. The predicted octanol–water partition coefficient (Wildman–Crippen LogP) is 1.72. The van der Waals surface area contributed by atoms with E-state index < -0.39 is 17.9 Å². The van der Waals surface area contributed by atoms with Gasteiger partial charge in [-0.3, -0.25) is 4.79 Å². The van der Waals surface area contributed by atoms with Gasteiger partial charge < -0.3 is 55.8 Å². The minimum Gasteiger partial charge on any atom is -0.502 e. The third-order valence-electron chi connectivity index (χ3n) is 8.44. The van der Waals surface area contributed by atoms with E-state index in [0.29, 0.717) is 30.2 Å². The second-order valence-corrected chi connectivity index (χ2v) is 11.1. The Labute approximate surface area is 257 Å². The topological polar surface area (TPSA) is 175 Å². The first-order valence-electron chi connectivity index (χ1n) is 15.2. The number of hydrogen-bond acceptors (Lipinski definition) is 11. The lowest BCUT2D eigenvalue weighted by atomic mass is 9.65. The molecule has 3 aliphatic rings. The van der Waals surface area contributed by atoms with Gasteiger partial charge in [-0.2, -0.15) is 0 Å². The highest BCUT2D eigenvalue weighted by atomic mass is 16.7. The Kier molecular flexibility index (Phi) is 10.5. The van der Waals surface area contributed by atoms with Gasteiger partial charge in [0.25, 0.3) is 0 Å². The molecule has 1 aliphatic carbocycles. The van der Waals surface area contributed by atoms with Crippen LogP contribution in [0, 0.1) is 11.8 Å². The van der Waals surface area contributed by atoms with Crippen LogP contribution in [0.25, 0.3) is 0 Å². The van der Waals surface area contributed by atoms with Gasteiger partial charge in [-0.05, 0) is 86.4 Å². The lowest BCUT2D eigenvalue weighted by molar-refractivity contribution is -0.141. The number of hydrogen-bond donors (Lipinski definition) is 6. The van der Waals surface area contributed by atoms with Crippen molar-refractivity contribution in [2.45, 2.75) is 31.2 Å². The van der Waals surface area contributed by atoms with Gasteiger partial charge in [0.05, 0.1) is 32.8 Å². The highest BCUT2D eigenvalue weighted by molar-refractivity contribution is 5.80. The van der Waals surface area contributed by atoms with Crippen molar-refractivity contribution in [3.05, 3.63) is 41.0 Å². The first-order chi connectivity index (χ1) is 21.5. The summed E-state index contributed by atoms with van der Waals surface area (Å²) in [7, 11) is 2.91. The summed E-state index contributed by atoms with van der Waals surface area (Å²) in [5, 5.41) is 23.3. The van der Waals surface area contributed by atoms with E-state index in [2.05, 4.69) is 21.3 Å². The zero-order valence-electron chi connectivity index (χ0n) is 25.3. The molecule has 0 bridgehead atoms. The molecule has 1 saturated heterocycles. The van der Waals surface area contributed by atoms with Crippen LogP contribution >= 0.6 is 0 Å². The summed E-state index contributed by atoms with van der Waals surface area (Å²) in [5.41, 5.74) is 7.80. The van der Waals surface area contributed by atoms with Crippen molar-refractivity contribution in [1.29, 1.82) is 0 Å². The second kappa shape index (κ2) is 14.7. The molecule has 13 nitrogen and oxygen atoms in total. The molecule has 2 amide bonds. The molecule has 44 heavy (non-hydrogen) atoms. The van der Waals surface area contributed by atoms with E-state index in [4.69, 9.17) is 29.4 Å². The smallest absolute Gasteiger partial charge is 0.315 e. The maximum atomic E-state index is 13.3. The normalized spacial score (nSPS) is 21.3. The summed E-state index contributed by atoms with van der Waals surface area (Å²) in [6, 6.07) is 6.27. The van der Waals surface area contributed by atoms with Crippen molar-refractivity contribution in [2.24, 2.45) is 17.6 Å². The van der Waals surface area contributed by atoms with Crippen molar-refractivity contribution in [3.8, 4) is 28.7 Å². The van der Waals surface area contributed by atoms with Crippen LogP contribution in [0.5, 0.6) is 28.7 Å².